The number of anilines is 1. The highest BCUT2D eigenvalue weighted by atomic mass is 19.3. The average molecular weight is 487 g/mol. The lowest BCUT2D eigenvalue weighted by Gasteiger charge is -2.31. The Morgan fingerprint density at radius 1 is 1.26 bits per heavy atom. The Kier molecular flexibility index (Phi) is 6.08. The molecule has 3 heterocycles. The Morgan fingerprint density at radius 2 is 2.03 bits per heavy atom. The number of fused-ring (bicyclic) bond motifs is 1. The molecule has 2 aliphatic rings. The zero-order chi connectivity index (χ0) is 24.6. The van der Waals surface area contributed by atoms with E-state index in [9.17, 15) is 22.8 Å². The Morgan fingerprint density at radius 3 is 2.71 bits per heavy atom. The Balaban J connectivity index is 1.20. The van der Waals surface area contributed by atoms with Crippen molar-refractivity contribution in [3.05, 3.63) is 58.4 Å². The van der Waals surface area contributed by atoms with E-state index in [-0.39, 0.29) is 47.5 Å². The fourth-order valence-electron chi connectivity index (χ4n) is 4.25. The Hall–Kier alpha value is -3.63. The van der Waals surface area contributed by atoms with E-state index in [2.05, 4.69) is 20.3 Å². The third kappa shape index (κ3) is 5.08. The van der Waals surface area contributed by atoms with Crippen LogP contribution in [-0.4, -0.2) is 57.9 Å². The number of benzene rings is 1. The van der Waals surface area contributed by atoms with Crippen molar-refractivity contribution in [2.24, 2.45) is 11.8 Å². The first-order valence-corrected chi connectivity index (χ1v) is 11.5. The molecule has 5 rings (SSSR count). The number of hydrogen-bond acceptors (Lipinski definition) is 6. The van der Waals surface area contributed by atoms with E-state index >= 15 is 0 Å². The van der Waals surface area contributed by atoms with Gasteiger partial charge in [-0.3, -0.25) is 19.6 Å². The third-order valence-electron chi connectivity index (χ3n) is 6.49. The minimum Gasteiger partial charge on any atom is -0.493 e. The van der Waals surface area contributed by atoms with Gasteiger partial charge in [0.1, 0.15) is 22.6 Å². The van der Waals surface area contributed by atoms with Crippen LogP contribution in [0.1, 0.15) is 29.8 Å². The summed E-state index contributed by atoms with van der Waals surface area (Å²) in [4.78, 5) is 37.7. The molecule has 2 fully saturated rings. The molecule has 1 saturated heterocycles. The molecule has 1 aliphatic heterocycles. The number of aromatic amines is 1. The van der Waals surface area contributed by atoms with Crippen molar-refractivity contribution in [3.63, 3.8) is 0 Å². The zero-order valence-corrected chi connectivity index (χ0v) is 18.8. The number of aromatic nitrogens is 3. The number of H-pyrrole nitrogens is 1. The molecular formula is C24H24F3N5O3. The van der Waals surface area contributed by atoms with Gasteiger partial charge in [-0.25, -0.2) is 18.2 Å². The van der Waals surface area contributed by atoms with Crippen LogP contribution in [0.3, 0.4) is 0 Å². The summed E-state index contributed by atoms with van der Waals surface area (Å²) in [6.07, 6.45) is 2.88. The number of nitrogens with zero attached hydrogens (tertiary/aromatic N) is 3. The number of piperidine rings is 1. The smallest absolute Gasteiger partial charge is 0.272 e. The minimum atomic E-state index is -2.73. The SMILES string of the molecule is O=C(c1ccccn1)N1CCC(CNc2nc3cc(OCC4CC4(F)F)cc(F)c3c(=O)[nH]2)CC1. The van der Waals surface area contributed by atoms with Crippen molar-refractivity contribution in [2.75, 3.05) is 31.6 Å². The zero-order valence-electron chi connectivity index (χ0n) is 18.8. The molecule has 1 aromatic carbocycles. The number of carbonyl (C=O) groups excluding carboxylic acids is 1. The highest BCUT2D eigenvalue weighted by Crippen LogP contribution is 2.48. The van der Waals surface area contributed by atoms with Gasteiger partial charge in [0, 0.05) is 44.4 Å². The van der Waals surface area contributed by atoms with Gasteiger partial charge in [-0.2, -0.15) is 0 Å². The van der Waals surface area contributed by atoms with Gasteiger partial charge in [-0.15, -0.1) is 0 Å². The van der Waals surface area contributed by atoms with Crippen molar-refractivity contribution >= 4 is 22.8 Å². The van der Waals surface area contributed by atoms with Crippen LogP contribution in [0, 0.1) is 17.7 Å². The molecule has 11 heteroatoms. The van der Waals surface area contributed by atoms with E-state index in [0.717, 1.165) is 18.9 Å². The highest BCUT2D eigenvalue weighted by Gasteiger charge is 2.57. The molecule has 0 bridgehead atoms. The molecule has 2 N–H and O–H groups in total. The van der Waals surface area contributed by atoms with Gasteiger partial charge < -0.3 is 15.0 Å². The van der Waals surface area contributed by atoms with Crippen LogP contribution in [0.25, 0.3) is 10.9 Å². The molecule has 2 aromatic heterocycles. The molecule has 1 saturated carbocycles. The number of hydrogen-bond donors (Lipinski definition) is 2. The highest BCUT2D eigenvalue weighted by molar-refractivity contribution is 5.92. The lowest BCUT2D eigenvalue weighted by atomic mass is 9.96. The van der Waals surface area contributed by atoms with Gasteiger partial charge in [-0.05, 0) is 30.9 Å². The Labute approximate surface area is 198 Å². The number of rotatable bonds is 7. The fraction of sp³-hybridized carbons (Fsp3) is 0.417. The van der Waals surface area contributed by atoms with Crippen molar-refractivity contribution < 1.29 is 22.7 Å². The van der Waals surface area contributed by atoms with Gasteiger partial charge in [0.15, 0.2) is 0 Å². The van der Waals surface area contributed by atoms with E-state index < -0.39 is 23.2 Å². The molecule has 1 atom stereocenters. The maximum absolute atomic E-state index is 14.5. The van der Waals surface area contributed by atoms with E-state index in [1.807, 2.05) is 0 Å². The second-order valence-corrected chi connectivity index (χ2v) is 9.02. The van der Waals surface area contributed by atoms with E-state index in [4.69, 9.17) is 4.74 Å². The Bertz CT molecular complexity index is 1290. The van der Waals surface area contributed by atoms with Crippen molar-refractivity contribution in [3.8, 4) is 5.75 Å². The van der Waals surface area contributed by atoms with Gasteiger partial charge >= 0.3 is 0 Å². The molecule has 184 valence electrons. The summed E-state index contributed by atoms with van der Waals surface area (Å²) in [5.41, 5.74) is -0.154. The monoisotopic (exact) mass is 487 g/mol. The molecule has 35 heavy (non-hydrogen) atoms. The average Bonchev–Trinajstić information content (AvgIpc) is 3.47. The number of pyridine rings is 1. The molecule has 0 radical (unpaired) electrons. The molecule has 1 amide bonds. The lowest BCUT2D eigenvalue weighted by molar-refractivity contribution is 0.0688. The first-order chi connectivity index (χ1) is 16.8. The molecule has 3 aromatic rings. The summed E-state index contributed by atoms with van der Waals surface area (Å²) in [6.45, 7) is 1.47. The van der Waals surface area contributed by atoms with Crippen molar-refractivity contribution in [1.82, 2.24) is 19.9 Å². The van der Waals surface area contributed by atoms with Gasteiger partial charge in [0.05, 0.1) is 18.0 Å². The minimum absolute atomic E-state index is 0.0479. The second-order valence-electron chi connectivity index (χ2n) is 9.02. The van der Waals surface area contributed by atoms with Gasteiger partial charge in [0.2, 0.25) is 5.95 Å². The molecule has 1 aliphatic carbocycles. The molecule has 1 unspecified atom stereocenters. The van der Waals surface area contributed by atoms with Gasteiger partial charge in [-0.1, -0.05) is 6.07 Å². The van der Waals surface area contributed by atoms with Crippen LogP contribution in [0.2, 0.25) is 0 Å². The first kappa shape index (κ1) is 23.1. The second kappa shape index (κ2) is 9.20. The summed E-state index contributed by atoms with van der Waals surface area (Å²) in [5, 5.41) is 2.87. The molecule has 0 spiro atoms. The van der Waals surface area contributed by atoms with Crippen LogP contribution in [0.4, 0.5) is 19.1 Å². The van der Waals surface area contributed by atoms with Crippen LogP contribution in [-0.2, 0) is 0 Å². The summed E-state index contributed by atoms with van der Waals surface area (Å²) >= 11 is 0. The number of carbonyl (C=O) groups is 1. The van der Waals surface area contributed by atoms with Crippen molar-refractivity contribution in [2.45, 2.75) is 25.2 Å². The van der Waals surface area contributed by atoms with Crippen molar-refractivity contribution in [1.29, 1.82) is 0 Å². The number of ether oxygens (including phenoxy) is 1. The molecule has 8 nitrogen and oxygen atoms in total. The van der Waals surface area contributed by atoms with Crippen LogP contribution in [0.15, 0.2) is 41.3 Å². The number of halogens is 3. The van der Waals surface area contributed by atoms with E-state index in [1.54, 1.807) is 29.3 Å². The predicted molar refractivity (Wildman–Crippen MR) is 122 cm³/mol. The van der Waals surface area contributed by atoms with Crippen LogP contribution in [0.5, 0.6) is 5.75 Å². The summed E-state index contributed by atoms with van der Waals surface area (Å²) < 4.78 is 46.0. The predicted octanol–water partition coefficient (Wildman–Crippen LogP) is 3.46. The van der Waals surface area contributed by atoms with E-state index in [0.29, 0.717) is 25.3 Å². The summed E-state index contributed by atoms with van der Waals surface area (Å²) in [7, 11) is 0. The largest absolute Gasteiger partial charge is 0.493 e. The standard InChI is InChI=1S/C24H24F3N5O3/c25-17-9-16(35-13-15-11-24(15,26)27)10-19-20(17)21(33)31-23(30-19)29-12-14-4-7-32(8-5-14)22(34)18-3-1-2-6-28-18/h1-3,6,9-10,14-15H,4-5,7-8,11-13H2,(H2,29,30,31,33). The fourth-order valence-corrected chi connectivity index (χ4v) is 4.25. The lowest BCUT2D eigenvalue weighted by Crippen LogP contribution is -2.40. The van der Waals surface area contributed by atoms with Gasteiger partial charge in [0.25, 0.3) is 17.4 Å². The third-order valence-corrected chi connectivity index (χ3v) is 6.49. The topological polar surface area (TPSA) is 100 Å². The number of alkyl halides is 2. The molecular weight excluding hydrogens is 463 g/mol. The maximum atomic E-state index is 14.5. The van der Waals surface area contributed by atoms with Crippen LogP contribution >= 0.6 is 0 Å². The maximum Gasteiger partial charge on any atom is 0.272 e. The quantitative estimate of drug-likeness (QED) is 0.530. The number of nitrogens with one attached hydrogen (secondary N) is 2. The first-order valence-electron chi connectivity index (χ1n) is 11.5. The summed E-state index contributed by atoms with van der Waals surface area (Å²) in [5.74, 6) is -4.06. The van der Waals surface area contributed by atoms with Crippen LogP contribution < -0.4 is 15.6 Å². The number of likely N-dealkylation sites (tertiary alicyclic amines) is 1. The van der Waals surface area contributed by atoms with E-state index in [1.165, 1.54) is 6.07 Å². The normalized spacial score (nSPS) is 19.5. The number of amides is 1. The summed E-state index contributed by atoms with van der Waals surface area (Å²) in [6, 6.07) is 7.62.